The molecule has 0 aliphatic heterocycles. The number of carbonyl (C=O) groups excluding carboxylic acids is 3. The molecule has 6 heteroatoms. The highest BCUT2D eigenvalue weighted by atomic mass is 16.6. The van der Waals surface area contributed by atoms with E-state index in [-0.39, 0.29) is 31.1 Å². The molecule has 6 nitrogen and oxygen atoms in total. The van der Waals surface area contributed by atoms with E-state index in [1.54, 1.807) is 0 Å². The molecule has 0 amide bonds. The molecule has 0 rings (SSSR count). The van der Waals surface area contributed by atoms with E-state index in [0.29, 0.717) is 19.3 Å². The predicted octanol–water partition coefficient (Wildman–Crippen LogP) is 22.0. The van der Waals surface area contributed by atoms with Crippen molar-refractivity contribution in [2.75, 3.05) is 13.2 Å². The zero-order valence-corrected chi connectivity index (χ0v) is 49.6. The third-order valence-electron chi connectivity index (χ3n) is 15.6. The molecule has 0 spiro atoms. The normalized spacial score (nSPS) is 12.4. The summed E-state index contributed by atoms with van der Waals surface area (Å²) in [5.41, 5.74) is 0. The number of rotatable bonds is 60. The molecule has 0 heterocycles. The highest BCUT2D eigenvalue weighted by Gasteiger charge is 2.19. The van der Waals surface area contributed by atoms with Gasteiger partial charge in [-0.2, -0.15) is 0 Å². The largest absolute Gasteiger partial charge is 0.462 e. The molecule has 1 unspecified atom stereocenters. The fraction of sp³-hybridized carbons (Fsp3) is 0.955. The molecule has 2 atom stereocenters. The SMILES string of the molecule is CCCCCCCCCCCCCCCCCCC(=O)OC[C@H](COC(=O)CCCCCCCCCCCCCCCCCCCCC(C)CC)OC(=O)CCCCCCCCCCCCCCCC(C)C. The molecule has 0 aromatic rings. The Morgan fingerprint density at radius 3 is 0.792 bits per heavy atom. The molecule has 0 aromatic heterocycles. The van der Waals surface area contributed by atoms with Crippen LogP contribution in [0.2, 0.25) is 0 Å². The first-order chi connectivity index (χ1) is 35.3. The van der Waals surface area contributed by atoms with Gasteiger partial charge in [-0.15, -0.1) is 0 Å². The van der Waals surface area contributed by atoms with Crippen molar-refractivity contribution >= 4 is 17.9 Å². The lowest BCUT2D eigenvalue weighted by Crippen LogP contribution is -2.30. The Labute approximate surface area is 450 Å². The predicted molar refractivity (Wildman–Crippen MR) is 312 cm³/mol. The van der Waals surface area contributed by atoms with Crippen molar-refractivity contribution in [3.05, 3.63) is 0 Å². The van der Waals surface area contributed by atoms with Gasteiger partial charge in [0, 0.05) is 19.3 Å². The standard InChI is InChI=1S/C66H128O6/c1-6-8-9-10-11-12-13-14-15-21-26-31-36-41-46-51-56-64(67)70-59-63(72-66(69)58-53-48-43-38-33-28-23-24-29-34-39-44-49-54-61(3)4)60-71-65(68)57-52-47-42-37-32-27-22-19-17-16-18-20-25-30-35-40-45-50-55-62(5)7-2/h61-63H,6-60H2,1-5H3/t62?,63-/m1/s1. The number of hydrogen-bond acceptors (Lipinski definition) is 6. The van der Waals surface area contributed by atoms with E-state index >= 15 is 0 Å². The average Bonchev–Trinajstić information content (AvgIpc) is 3.37. The minimum absolute atomic E-state index is 0.0617. The van der Waals surface area contributed by atoms with E-state index in [0.717, 1.165) is 69.6 Å². The van der Waals surface area contributed by atoms with Gasteiger partial charge >= 0.3 is 17.9 Å². The Kier molecular flexibility index (Phi) is 57.4. The quantitative estimate of drug-likeness (QED) is 0.0343. The summed E-state index contributed by atoms with van der Waals surface area (Å²) in [6.07, 6.45) is 65.3. The van der Waals surface area contributed by atoms with Gasteiger partial charge in [-0.3, -0.25) is 14.4 Å². The molecule has 0 aliphatic rings. The van der Waals surface area contributed by atoms with Crippen LogP contribution in [-0.4, -0.2) is 37.2 Å². The van der Waals surface area contributed by atoms with Gasteiger partial charge < -0.3 is 14.2 Å². The van der Waals surface area contributed by atoms with Crippen LogP contribution in [0.15, 0.2) is 0 Å². The van der Waals surface area contributed by atoms with Gasteiger partial charge in [0.15, 0.2) is 6.10 Å². The first-order valence-corrected chi connectivity index (χ1v) is 32.8. The molecule has 0 N–H and O–H groups in total. The lowest BCUT2D eigenvalue weighted by Gasteiger charge is -2.18. The van der Waals surface area contributed by atoms with Crippen LogP contribution in [0.5, 0.6) is 0 Å². The van der Waals surface area contributed by atoms with Crippen LogP contribution in [0.4, 0.5) is 0 Å². The molecule has 0 saturated heterocycles. The van der Waals surface area contributed by atoms with Gasteiger partial charge in [-0.05, 0) is 31.1 Å². The summed E-state index contributed by atoms with van der Waals surface area (Å²) in [7, 11) is 0. The van der Waals surface area contributed by atoms with E-state index in [4.69, 9.17) is 14.2 Å². The summed E-state index contributed by atoms with van der Waals surface area (Å²) in [4.78, 5) is 38.3. The second kappa shape index (κ2) is 58.7. The fourth-order valence-electron chi connectivity index (χ4n) is 10.3. The molecule has 0 saturated carbocycles. The highest BCUT2D eigenvalue weighted by Crippen LogP contribution is 2.19. The first-order valence-electron chi connectivity index (χ1n) is 32.8. The Hall–Kier alpha value is -1.59. The van der Waals surface area contributed by atoms with Gasteiger partial charge in [0.2, 0.25) is 0 Å². The first kappa shape index (κ1) is 70.4. The van der Waals surface area contributed by atoms with Crippen LogP contribution in [-0.2, 0) is 28.6 Å². The van der Waals surface area contributed by atoms with Gasteiger partial charge in [-0.1, -0.05) is 336 Å². The zero-order chi connectivity index (χ0) is 52.5. The molecular formula is C66H128O6. The van der Waals surface area contributed by atoms with E-state index in [9.17, 15) is 14.4 Å². The summed E-state index contributed by atoms with van der Waals surface area (Å²) in [5.74, 6) is 0.918. The third kappa shape index (κ3) is 57.7. The summed E-state index contributed by atoms with van der Waals surface area (Å²) in [6, 6.07) is 0. The van der Waals surface area contributed by atoms with Crippen molar-refractivity contribution in [3.63, 3.8) is 0 Å². The molecule has 72 heavy (non-hydrogen) atoms. The van der Waals surface area contributed by atoms with E-state index in [1.807, 2.05) is 0 Å². The Morgan fingerprint density at radius 1 is 0.292 bits per heavy atom. The van der Waals surface area contributed by atoms with E-state index in [1.165, 1.54) is 263 Å². The van der Waals surface area contributed by atoms with Crippen molar-refractivity contribution in [1.82, 2.24) is 0 Å². The third-order valence-corrected chi connectivity index (χ3v) is 15.6. The summed E-state index contributed by atoms with van der Waals surface area (Å²) >= 11 is 0. The smallest absolute Gasteiger partial charge is 0.306 e. The summed E-state index contributed by atoms with van der Waals surface area (Å²) in [5, 5.41) is 0. The van der Waals surface area contributed by atoms with Crippen LogP contribution < -0.4 is 0 Å². The van der Waals surface area contributed by atoms with Crippen LogP contribution in [0.3, 0.4) is 0 Å². The lowest BCUT2D eigenvalue weighted by molar-refractivity contribution is -0.167. The Morgan fingerprint density at radius 2 is 0.528 bits per heavy atom. The van der Waals surface area contributed by atoms with Gasteiger partial charge in [0.25, 0.3) is 0 Å². The Bertz CT molecular complexity index is 1110. The van der Waals surface area contributed by atoms with Crippen molar-refractivity contribution in [3.8, 4) is 0 Å². The molecule has 0 radical (unpaired) electrons. The van der Waals surface area contributed by atoms with Crippen molar-refractivity contribution in [1.29, 1.82) is 0 Å². The fourth-order valence-corrected chi connectivity index (χ4v) is 10.3. The Balaban J connectivity index is 4.26. The topological polar surface area (TPSA) is 78.9 Å². The maximum Gasteiger partial charge on any atom is 0.306 e. The van der Waals surface area contributed by atoms with Crippen molar-refractivity contribution in [2.24, 2.45) is 11.8 Å². The zero-order valence-electron chi connectivity index (χ0n) is 49.6. The number of unbranched alkanes of at least 4 members (excludes halogenated alkanes) is 44. The van der Waals surface area contributed by atoms with Crippen LogP contribution in [0.25, 0.3) is 0 Å². The van der Waals surface area contributed by atoms with E-state index in [2.05, 4.69) is 34.6 Å². The number of ether oxygens (including phenoxy) is 3. The molecule has 0 aromatic carbocycles. The second-order valence-corrected chi connectivity index (χ2v) is 23.5. The van der Waals surface area contributed by atoms with Gasteiger partial charge in [0.1, 0.15) is 13.2 Å². The summed E-state index contributed by atoms with van der Waals surface area (Å²) < 4.78 is 17.0. The molecular weight excluding hydrogens is 889 g/mol. The van der Waals surface area contributed by atoms with Crippen LogP contribution in [0.1, 0.15) is 375 Å². The minimum atomic E-state index is -0.764. The van der Waals surface area contributed by atoms with Gasteiger partial charge in [0.05, 0.1) is 0 Å². The van der Waals surface area contributed by atoms with Crippen LogP contribution in [0, 0.1) is 11.8 Å². The molecule has 0 fully saturated rings. The molecule has 428 valence electrons. The monoisotopic (exact) mass is 1020 g/mol. The minimum Gasteiger partial charge on any atom is -0.462 e. The molecule has 0 aliphatic carbocycles. The maximum absolute atomic E-state index is 12.9. The average molecular weight is 1020 g/mol. The van der Waals surface area contributed by atoms with Crippen molar-refractivity contribution in [2.45, 2.75) is 381 Å². The number of hydrogen-bond donors (Lipinski definition) is 0. The number of carbonyl (C=O) groups is 3. The number of esters is 3. The lowest BCUT2D eigenvalue weighted by atomic mass is 9.99. The van der Waals surface area contributed by atoms with Crippen LogP contribution >= 0.6 is 0 Å². The van der Waals surface area contributed by atoms with Gasteiger partial charge in [-0.25, -0.2) is 0 Å². The highest BCUT2D eigenvalue weighted by molar-refractivity contribution is 5.71. The summed E-state index contributed by atoms with van der Waals surface area (Å²) in [6.45, 7) is 11.5. The van der Waals surface area contributed by atoms with E-state index < -0.39 is 6.10 Å². The van der Waals surface area contributed by atoms with Crippen molar-refractivity contribution < 1.29 is 28.6 Å². The maximum atomic E-state index is 12.9. The molecule has 0 bridgehead atoms. The second-order valence-electron chi connectivity index (χ2n) is 23.5.